The highest BCUT2D eigenvalue weighted by molar-refractivity contribution is 5.73. The van der Waals surface area contributed by atoms with Crippen LogP contribution in [0.3, 0.4) is 0 Å². The third-order valence-electron chi connectivity index (χ3n) is 4.73. The largest absolute Gasteiger partial charge is 0.478 e. The minimum Gasteiger partial charge on any atom is -0.478 e. The lowest BCUT2D eigenvalue weighted by Gasteiger charge is -2.30. The Bertz CT molecular complexity index is 691. The van der Waals surface area contributed by atoms with Gasteiger partial charge in [0, 0.05) is 36.8 Å². The summed E-state index contributed by atoms with van der Waals surface area (Å²) in [5, 5.41) is 4.04. The molecule has 0 amide bonds. The number of piperidine rings is 1. The Labute approximate surface area is 153 Å². The zero-order valence-corrected chi connectivity index (χ0v) is 15.4. The summed E-state index contributed by atoms with van der Waals surface area (Å²) < 4.78 is 11.0. The first-order chi connectivity index (χ1) is 12.7. The van der Waals surface area contributed by atoms with Gasteiger partial charge >= 0.3 is 6.01 Å². The third-order valence-corrected chi connectivity index (χ3v) is 4.73. The maximum Gasteiger partial charge on any atom is 0.324 e. The molecule has 2 aromatic rings. The maximum atomic E-state index is 10.6. The molecule has 1 fully saturated rings. The Hall–Kier alpha value is -2.44. The second-order valence-electron chi connectivity index (χ2n) is 7.06. The molecule has 140 valence electrons. The van der Waals surface area contributed by atoms with E-state index in [1.165, 1.54) is 6.20 Å². The molecule has 1 aliphatic rings. The number of aldehydes is 1. The summed E-state index contributed by atoms with van der Waals surface area (Å²) in [5.74, 6) is 2.33. The summed E-state index contributed by atoms with van der Waals surface area (Å²) in [7, 11) is 0. The van der Waals surface area contributed by atoms with Gasteiger partial charge in [0.25, 0.3) is 0 Å². The van der Waals surface area contributed by atoms with Crippen molar-refractivity contribution >= 4 is 12.3 Å². The molecule has 1 saturated heterocycles. The molecule has 1 aliphatic heterocycles. The van der Waals surface area contributed by atoms with Crippen LogP contribution in [-0.2, 0) is 0 Å². The first-order valence-corrected chi connectivity index (χ1v) is 9.28. The Kier molecular flexibility index (Phi) is 6.20. The van der Waals surface area contributed by atoms with E-state index >= 15 is 0 Å². The van der Waals surface area contributed by atoms with Crippen molar-refractivity contribution in [3.63, 3.8) is 0 Å². The van der Waals surface area contributed by atoms with Gasteiger partial charge in [-0.1, -0.05) is 19.0 Å². The van der Waals surface area contributed by atoms with Crippen LogP contribution in [0, 0.1) is 5.92 Å². The molecule has 0 N–H and O–H groups in total. The molecule has 26 heavy (non-hydrogen) atoms. The molecule has 7 heteroatoms. The zero-order chi connectivity index (χ0) is 18.4. The zero-order valence-electron chi connectivity index (χ0n) is 15.4. The fourth-order valence-electron chi connectivity index (χ4n) is 3.10. The van der Waals surface area contributed by atoms with E-state index in [9.17, 15) is 4.79 Å². The molecule has 0 atom stereocenters. The van der Waals surface area contributed by atoms with Crippen molar-refractivity contribution in [1.82, 2.24) is 15.1 Å². The lowest BCUT2D eigenvalue weighted by molar-refractivity contribution is 0.112. The van der Waals surface area contributed by atoms with Gasteiger partial charge in [-0.2, -0.15) is 4.98 Å². The van der Waals surface area contributed by atoms with E-state index in [0.29, 0.717) is 30.0 Å². The molecule has 3 heterocycles. The molecule has 0 bridgehead atoms. The summed E-state index contributed by atoms with van der Waals surface area (Å²) >= 11 is 0. The molecule has 7 nitrogen and oxygen atoms in total. The lowest BCUT2D eigenvalue weighted by Crippen LogP contribution is -2.34. The van der Waals surface area contributed by atoms with Crippen molar-refractivity contribution < 1.29 is 14.1 Å². The van der Waals surface area contributed by atoms with Crippen molar-refractivity contribution in [3.05, 3.63) is 29.7 Å². The summed E-state index contributed by atoms with van der Waals surface area (Å²) in [4.78, 5) is 21.4. The molecular formula is C19H26N4O3. The van der Waals surface area contributed by atoms with E-state index in [4.69, 9.17) is 9.26 Å². The number of pyridine rings is 1. The average Bonchev–Trinajstić information content (AvgIpc) is 3.17. The van der Waals surface area contributed by atoms with Crippen LogP contribution in [0.5, 0.6) is 5.88 Å². The topological polar surface area (TPSA) is 81.4 Å². The Morgan fingerprint density at radius 3 is 2.77 bits per heavy atom. The SMILES string of the molecule is CC(C)c1noc(N2CCC(CCCOc3ccc(C=O)cn3)CC2)n1. The summed E-state index contributed by atoms with van der Waals surface area (Å²) in [5.41, 5.74) is 0.561. The Balaban J connectivity index is 1.35. The number of aromatic nitrogens is 3. The second kappa shape index (κ2) is 8.78. The number of hydrogen-bond acceptors (Lipinski definition) is 7. The van der Waals surface area contributed by atoms with E-state index < -0.39 is 0 Å². The van der Waals surface area contributed by atoms with Crippen LogP contribution in [0.4, 0.5) is 6.01 Å². The summed E-state index contributed by atoms with van der Waals surface area (Å²) in [6, 6.07) is 4.10. The van der Waals surface area contributed by atoms with Gasteiger partial charge in [0.2, 0.25) is 5.88 Å². The van der Waals surface area contributed by atoms with Crippen LogP contribution in [0.15, 0.2) is 22.9 Å². The molecule has 2 aromatic heterocycles. The standard InChI is InChI=1S/C19H26N4O3/c1-14(2)18-21-19(26-22-18)23-9-7-15(8-10-23)4-3-11-25-17-6-5-16(13-24)12-20-17/h5-6,12-15H,3-4,7-11H2,1-2H3. The summed E-state index contributed by atoms with van der Waals surface area (Å²) in [6.07, 6.45) is 6.71. The van der Waals surface area contributed by atoms with Gasteiger partial charge in [-0.25, -0.2) is 4.98 Å². The number of nitrogens with zero attached hydrogens (tertiary/aromatic N) is 4. The smallest absolute Gasteiger partial charge is 0.324 e. The minimum atomic E-state index is 0.286. The van der Waals surface area contributed by atoms with Crippen molar-refractivity contribution in [1.29, 1.82) is 0 Å². The van der Waals surface area contributed by atoms with Crippen LogP contribution in [0.1, 0.15) is 61.6 Å². The molecule has 0 saturated carbocycles. The normalized spacial score (nSPS) is 15.4. The molecule has 3 rings (SSSR count). The molecule has 0 aromatic carbocycles. The van der Waals surface area contributed by atoms with E-state index in [1.807, 2.05) is 0 Å². The van der Waals surface area contributed by atoms with Crippen molar-refractivity contribution in [2.75, 3.05) is 24.6 Å². The number of carbonyl (C=O) groups is 1. The lowest BCUT2D eigenvalue weighted by atomic mass is 9.92. The Morgan fingerprint density at radius 2 is 2.15 bits per heavy atom. The minimum absolute atomic E-state index is 0.286. The van der Waals surface area contributed by atoms with Crippen LogP contribution in [0.25, 0.3) is 0 Å². The second-order valence-corrected chi connectivity index (χ2v) is 7.06. The van der Waals surface area contributed by atoms with Crippen LogP contribution >= 0.6 is 0 Å². The van der Waals surface area contributed by atoms with Crippen molar-refractivity contribution in [2.24, 2.45) is 5.92 Å². The number of ether oxygens (including phenoxy) is 1. The van der Waals surface area contributed by atoms with E-state index in [2.05, 4.69) is 33.9 Å². The maximum absolute atomic E-state index is 10.6. The molecule has 0 unspecified atom stereocenters. The molecule has 0 spiro atoms. The van der Waals surface area contributed by atoms with Crippen molar-refractivity contribution in [2.45, 2.75) is 45.4 Å². The van der Waals surface area contributed by atoms with E-state index in [1.54, 1.807) is 12.1 Å². The van der Waals surface area contributed by atoms with Crippen LogP contribution in [-0.4, -0.2) is 41.1 Å². The molecular weight excluding hydrogens is 332 g/mol. The molecule has 0 radical (unpaired) electrons. The van der Waals surface area contributed by atoms with Crippen LogP contribution in [0.2, 0.25) is 0 Å². The monoisotopic (exact) mass is 358 g/mol. The van der Waals surface area contributed by atoms with Crippen LogP contribution < -0.4 is 9.64 Å². The first-order valence-electron chi connectivity index (χ1n) is 9.28. The highest BCUT2D eigenvalue weighted by Crippen LogP contribution is 2.26. The van der Waals surface area contributed by atoms with Gasteiger partial charge < -0.3 is 14.2 Å². The predicted octanol–water partition coefficient (Wildman–Crippen LogP) is 3.48. The van der Waals surface area contributed by atoms with Gasteiger partial charge in [-0.05, 0) is 37.7 Å². The predicted molar refractivity (Wildman–Crippen MR) is 97.7 cm³/mol. The highest BCUT2D eigenvalue weighted by atomic mass is 16.5. The first kappa shape index (κ1) is 18.4. The number of carbonyl (C=O) groups excluding carboxylic acids is 1. The fraction of sp³-hybridized carbons (Fsp3) is 0.579. The number of rotatable bonds is 8. The number of hydrogen-bond donors (Lipinski definition) is 0. The van der Waals surface area contributed by atoms with E-state index in [0.717, 1.165) is 50.9 Å². The fourth-order valence-corrected chi connectivity index (χ4v) is 3.10. The third kappa shape index (κ3) is 4.80. The van der Waals surface area contributed by atoms with Gasteiger partial charge in [0.1, 0.15) is 0 Å². The molecule has 0 aliphatic carbocycles. The quantitative estimate of drug-likeness (QED) is 0.528. The van der Waals surface area contributed by atoms with Gasteiger partial charge in [-0.15, -0.1) is 0 Å². The van der Waals surface area contributed by atoms with Gasteiger partial charge in [0.05, 0.1) is 6.61 Å². The average molecular weight is 358 g/mol. The van der Waals surface area contributed by atoms with E-state index in [-0.39, 0.29) is 5.92 Å². The Morgan fingerprint density at radius 1 is 1.35 bits per heavy atom. The van der Waals surface area contributed by atoms with Crippen molar-refractivity contribution in [3.8, 4) is 5.88 Å². The van der Waals surface area contributed by atoms with Gasteiger partial charge in [0.15, 0.2) is 12.1 Å². The summed E-state index contributed by atoms with van der Waals surface area (Å²) in [6.45, 7) is 6.69. The highest BCUT2D eigenvalue weighted by Gasteiger charge is 2.23. The van der Waals surface area contributed by atoms with Gasteiger partial charge in [-0.3, -0.25) is 4.79 Å². The number of anilines is 1.